The van der Waals surface area contributed by atoms with Crippen molar-refractivity contribution in [2.75, 3.05) is 33.4 Å². The highest BCUT2D eigenvalue weighted by molar-refractivity contribution is 5.94. The molecule has 5 rings (SSSR count). The van der Waals surface area contributed by atoms with E-state index in [2.05, 4.69) is 15.0 Å². The summed E-state index contributed by atoms with van der Waals surface area (Å²) in [6.45, 7) is 2.07. The number of pyridine rings is 1. The minimum absolute atomic E-state index is 0.0439. The predicted octanol–water partition coefficient (Wildman–Crippen LogP) is 1.25. The topological polar surface area (TPSA) is 88.5 Å². The van der Waals surface area contributed by atoms with E-state index in [0.29, 0.717) is 37.6 Å². The predicted molar refractivity (Wildman–Crippen MR) is 101 cm³/mol. The molecule has 2 bridgehead atoms. The van der Waals surface area contributed by atoms with Gasteiger partial charge < -0.3 is 14.5 Å². The van der Waals surface area contributed by atoms with E-state index >= 15 is 0 Å². The van der Waals surface area contributed by atoms with Crippen LogP contribution >= 0.6 is 0 Å². The molecule has 3 saturated heterocycles. The molecule has 3 aliphatic heterocycles. The summed E-state index contributed by atoms with van der Waals surface area (Å²) < 4.78 is 5.14. The zero-order valence-corrected chi connectivity index (χ0v) is 15.8. The molecule has 0 N–H and O–H groups in total. The molecule has 2 atom stereocenters. The summed E-state index contributed by atoms with van der Waals surface area (Å²) in [6, 6.07) is 3.69. The Morgan fingerprint density at radius 1 is 1.18 bits per heavy atom. The molecule has 2 amide bonds. The number of piperidine rings is 1. The Labute approximate surface area is 163 Å². The molecule has 8 nitrogen and oxygen atoms in total. The third-order valence-electron chi connectivity index (χ3n) is 5.45. The van der Waals surface area contributed by atoms with Crippen LogP contribution in [0.15, 0.2) is 36.9 Å². The van der Waals surface area contributed by atoms with Gasteiger partial charge in [-0.3, -0.25) is 14.6 Å². The summed E-state index contributed by atoms with van der Waals surface area (Å²) in [5.74, 6) is 0.417. The summed E-state index contributed by atoms with van der Waals surface area (Å²) in [5.41, 5.74) is 1.29. The summed E-state index contributed by atoms with van der Waals surface area (Å²) in [7, 11) is 1.63. The number of ether oxygens (including phenoxy) is 1. The van der Waals surface area contributed by atoms with Crippen LogP contribution in [0, 0.1) is 5.92 Å². The molecule has 0 spiro atoms. The Morgan fingerprint density at radius 3 is 2.64 bits per heavy atom. The van der Waals surface area contributed by atoms with Crippen molar-refractivity contribution in [1.82, 2.24) is 24.8 Å². The second-order valence-electron chi connectivity index (χ2n) is 7.19. The molecule has 0 unspecified atom stereocenters. The first-order chi connectivity index (χ1) is 13.7. The second kappa shape index (κ2) is 8.02. The third-order valence-corrected chi connectivity index (χ3v) is 5.45. The Hall–Kier alpha value is -2.87. The van der Waals surface area contributed by atoms with Crippen molar-refractivity contribution in [3.05, 3.63) is 42.5 Å². The molecule has 0 aromatic carbocycles. The van der Waals surface area contributed by atoms with Gasteiger partial charge in [-0.25, -0.2) is 9.97 Å². The van der Waals surface area contributed by atoms with Gasteiger partial charge in [0.1, 0.15) is 0 Å². The van der Waals surface area contributed by atoms with Crippen LogP contribution in [0.5, 0.6) is 0 Å². The maximum Gasteiger partial charge on any atom is 0.257 e. The number of hydrogen-bond donors (Lipinski definition) is 0. The number of amides is 2. The Morgan fingerprint density at radius 2 is 1.93 bits per heavy atom. The van der Waals surface area contributed by atoms with Gasteiger partial charge in [0, 0.05) is 63.1 Å². The van der Waals surface area contributed by atoms with E-state index in [4.69, 9.17) is 4.74 Å². The van der Waals surface area contributed by atoms with Gasteiger partial charge in [0.25, 0.3) is 5.91 Å². The molecule has 3 aliphatic rings. The average molecular weight is 381 g/mol. The summed E-state index contributed by atoms with van der Waals surface area (Å²) in [5, 5.41) is 0. The van der Waals surface area contributed by atoms with Crippen LogP contribution < -0.4 is 0 Å². The molecule has 5 heterocycles. The number of methoxy groups -OCH3 is 1. The first-order valence-corrected chi connectivity index (χ1v) is 9.48. The van der Waals surface area contributed by atoms with Crippen molar-refractivity contribution in [3.8, 4) is 11.4 Å². The minimum Gasteiger partial charge on any atom is -0.383 e. The standard InChI is InChI=1S/C20H23N5O3/c1-28-9-8-25-17-3-2-15(20(25)27)12-24(13-17)19(26)16-10-22-18(23-11-16)14-4-6-21-7-5-14/h4-7,10-11,15,17H,2-3,8-9,12-13H2,1H3/t15-,17+/m1/s1. The molecule has 28 heavy (non-hydrogen) atoms. The number of nitrogens with zero attached hydrogens (tertiary/aromatic N) is 5. The van der Waals surface area contributed by atoms with Gasteiger partial charge in [-0.15, -0.1) is 0 Å². The summed E-state index contributed by atoms with van der Waals surface area (Å²) in [6.07, 6.45) is 8.22. The Kier molecular flexibility index (Phi) is 5.29. The lowest BCUT2D eigenvalue weighted by atomic mass is 9.94. The van der Waals surface area contributed by atoms with E-state index in [1.54, 1.807) is 36.8 Å². The zero-order chi connectivity index (χ0) is 19.5. The van der Waals surface area contributed by atoms with Gasteiger partial charge in [0.2, 0.25) is 5.91 Å². The fraction of sp³-hybridized carbons (Fsp3) is 0.450. The molecule has 2 aromatic heterocycles. The molecule has 0 saturated carbocycles. The van der Waals surface area contributed by atoms with E-state index in [1.807, 2.05) is 17.0 Å². The van der Waals surface area contributed by atoms with Crippen molar-refractivity contribution in [2.24, 2.45) is 5.92 Å². The molecule has 0 radical (unpaired) electrons. The smallest absolute Gasteiger partial charge is 0.257 e. The number of carbonyl (C=O) groups excluding carboxylic acids is 2. The molecule has 146 valence electrons. The quantitative estimate of drug-likeness (QED) is 0.774. The zero-order valence-electron chi connectivity index (χ0n) is 15.8. The van der Waals surface area contributed by atoms with E-state index in [1.165, 1.54) is 0 Å². The van der Waals surface area contributed by atoms with Crippen LogP contribution in [0.4, 0.5) is 0 Å². The normalized spacial score (nSPS) is 21.7. The molecular weight excluding hydrogens is 358 g/mol. The maximum atomic E-state index is 13.0. The van der Waals surface area contributed by atoms with Crippen molar-refractivity contribution in [2.45, 2.75) is 18.9 Å². The molecule has 3 fully saturated rings. The lowest BCUT2D eigenvalue weighted by molar-refractivity contribution is -0.140. The summed E-state index contributed by atoms with van der Waals surface area (Å²) >= 11 is 0. The maximum absolute atomic E-state index is 13.0. The number of fused-ring (bicyclic) bond motifs is 4. The van der Waals surface area contributed by atoms with Gasteiger partial charge in [-0.1, -0.05) is 0 Å². The highest BCUT2D eigenvalue weighted by atomic mass is 16.5. The average Bonchev–Trinajstić information content (AvgIpc) is 3.04. The van der Waals surface area contributed by atoms with Crippen molar-refractivity contribution in [3.63, 3.8) is 0 Å². The molecule has 2 aromatic rings. The number of aromatic nitrogens is 3. The van der Waals surface area contributed by atoms with E-state index in [0.717, 1.165) is 18.4 Å². The van der Waals surface area contributed by atoms with E-state index in [-0.39, 0.29) is 23.8 Å². The molecular formula is C20H23N5O3. The van der Waals surface area contributed by atoms with Gasteiger partial charge in [-0.2, -0.15) is 0 Å². The Balaban J connectivity index is 1.50. The largest absolute Gasteiger partial charge is 0.383 e. The van der Waals surface area contributed by atoms with Crippen LogP contribution in [0.2, 0.25) is 0 Å². The first-order valence-electron chi connectivity index (χ1n) is 9.48. The fourth-order valence-corrected chi connectivity index (χ4v) is 3.96. The van der Waals surface area contributed by atoms with Gasteiger partial charge in [0.05, 0.1) is 18.1 Å². The number of rotatable bonds is 5. The van der Waals surface area contributed by atoms with Gasteiger partial charge in [-0.05, 0) is 25.0 Å². The second-order valence-corrected chi connectivity index (χ2v) is 7.19. The fourth-order valence-electron chi connectivity index (χ4n) is 3.96. The lowest BCUT2D eigenvalue weighted by Crippen LogP contribution is -2.49. The first kappa shape index (κ1) is 18.5. The van der Waals surface area contributed by atoms with Gasteiger partial charge >= 0.3 is 0 Å². The van der Waals surface area contributed by atoms with Crippen LogP contribution in [0.1, 0.15) is 23.2 Å². The van der Waals surface area contributed by atoms with Crippen LogP contribution in [0.25, 0.3) is 11.4 Å². The highest BCUT2D eigenvalue weighted by Gasteiger charge is 2.41. The van der Waals surface area contributed by atoms with Crippen LogP contribution in [-0.4, -0.2) is 76.0 Å². The van der Waals surface area contributed by atoms with Crippen LogP contribution in [0.3, 0.4) is 0 Å². The van der Waals surface area contributed by atoms with Crippen molar-refractivity contribution in [1.29, 1.82) is 0 Å². The van der Waals surface area contributed by atoms with E-state index in [9.17, 15) is 9.59 Å². The monoisotopic (exact) mass is 381 g/mol. The SMILES string of the molecule is COCCN1C(=O)[C@@H]2CC[C@H]1CN(C(=O)c1cnc(-c3ccncc3)nc1)C2. The lowest BCUT2D eigenvalue weighted by Gasteiger charge is -2.35. The molecule has 0 aliphatic carbocycles. The number of carbonyl (C=O) groups is 2. The van der Waals surface area contributed by atoms with Crippen molar-refractivity contribution < 1.29 is 14.3 Å². The van der Waals surface area contributed by atoms with Gasteiger partial charge in [0.15, 0.2) is 5.82 Å². The van der Waals surface area contributed by atoms with E-state index < -0.39 is 0 Å². The van der Waals surface area contributed by atoms with Crippen LogP contribution in [-0.2, 0) is 9.53 Å². The Bertz CT molecular complexity index is 843. The summed E-state index contributed by atoms with van der Waals surface area (Å²) in [4.78, 5) is 42.1. The highest BCUT2D eigenvalue weighted by Crippen LogP contribution is 2.29. The third kappa shape index (κ3) is 3.60. The molecule has 8 heteroatoms. The number of hydrogen-bond acceptors (Lipinski definition) is 6. The minimum atomic E-state index is -0.142. The van der Waals surface area contributed by atoms with Crippen molar-refractivity contribution >= 4 is 11.8 Å².